The maximum atomic E-state index is 12.7. The number of alkyl halides is 3. The maximum absolute atomic E-state index is 12.7. The molecule has 1 heterocycles. The topological polar surface area (TPSA) is 94.6 Å². The fourth-order valence-corrected chi connectivity index (χ4v) is 4.19. The fourth-order valence-electron chi connectivity index (χ4n) is 3.25. The van der Waals surface area contributed by atoms with Crippen LogP contribution in [0.1, 0.15) is 27.2 Å². The first-order valence-electron chi connectivity index (χ1n) is 10.3. The molecule has 0 aliphatic heterocycles. The molecular formula is C23H19Cl2F3N3O4S-. The molecule has 1 amide bonds. The van der Waals surface area contributed by atoms with Crippen LogP contribution in [0, 0.1) is 0 Å². The molecule has 0 bridgehead atoms. The smallest absolute Gasteiger partial charge is 0.433 e. The van der Waals surface area contributed by atoms with Gasteiger partial charge in [-0.05, 0) is 41.8 Å². The first-order chi connectivity index (χ1) is 17.0. The number of carbonyl (C=O) groups excluding carboxylic acids is 1. The van der Waals surface area contributed by atoms with Crippen molar-refractivity contribution in [2.75, 3.05) is 18.0 Å². The second-order valence-corrected chi connectivity index (χ2v) is 9.06. The number of aromatic nitrogens is 1. The minimum Gasteiger partial charge on any atom is -0.755 e. The molecule has 0 saturated heterocycles. The Labute approximate surface area is 217 Å². The summed E-state index contributed by atoms with van der Waals surface area (Å²) in [5.74, 6) is -0.467. The number of nitrogens with one attached hydrogen (secondary N) is 1. The molecular weight excluding hydrogens is 542 g/mol. The summed E-state index contributed by atoms with van der Waals surface area (Å²) in [6.45, 7) is -0.0300. The Balaban J connectivity index is 1.72. The van der Waals surface area contributed by atoms with Crippen molar-refractivity contribution in [3.63, 3.8) is 0 Å². The highest BCUT2D eigenvalue weighted by Gasteiger charge is 2.32. The number of halogens is 5. The van der Waals surface area contributed by atoms with E-state index >= 15 is 0 Å². The van der Waals surface area contributed by atoms with Gasteiger partial charge in [0.15, 0.2) is 0 Å². The monoisotopic (exact) mass is 560 g/mol. The van der Waals surface area contributed by atoms with E-state index in [2.05, 4.69) is 10.3 Å². The third-order valence-electron chi connectivity index (χ3n) is 5.08. The molecule has 192 valence electrons. The van der Waals surface area contributed by atoms with Crippen molar-refractivity contribution in [1.82, 2.24) is 10.3 Å². The Bertz CT molecular complexity index is 1260. The average Bonchev–Trinajstić information content (AvgIpc) is 2.84. The Morgan fingerprint density at radius 1 is 1.19 bits per heavy atom. The van der Waals surface area contributed by atoms with Gasteiger partial charge in [0.2, 0.25) is 0 Å². The maximum Gasteiger partial charge on any atom is 0.433 e. The molecule has 1 N–H and O–H groups in total. The molecule has 1 aromatic heterocycles. The van der Waals surface area contributed by atoms with Crippen molar-refractivity contribution in [2.45, 2.75) is 19.1 Å². The van der Waals surface area contributed by atoms with Crippen molar-refractivity contribution in [3.05, 3.63) is 87.2 Å². The lowest BCUT2D eigenvalue weighted by atomic mass is 10.1. The summed E-state index contributed by atoms with van der Waals surface area (Å²) in [7, 11) is 1.32. The van der Waals surface area contributed by atoms with Crippen LogP contribution in [0.5, 0.6) is 5.75 Å². The zero-order valence-electron chi connectivity index (χ0n) is 18.6. The number of hydrogen-bond donors (Lipinski definition) is 1. The fraction of sp³-hybridized carbons (Fsp3) is 0.217. The van der Waals surface area contributed by atoms with Crippen LogP contribution in [0.25, 0.3) is 0 Å². The second kappa shape index (κ2) is 11.9. The molecule has 1 unspecified atom stereocenters. The number of methoxy groups -OCH3 is 1. The number of benzene rings is 2. The van der Waals surface area contributed by atoms with E-state index in [1.165, 1.54) is 31.4 Å². The summed E-state index contributed by atoms with van der Waals surface area (Å²) in [4.78, 5) is 16.0. The minimum absolute atomic E-state index is 0.0474. The molecule has 0 aliphatic carbocycles. The van der Waals surface area contributed by atoms with Gasteiger partial charge in [0, 0.05) is 36.6 Å². The zero-order valence-corrected chi connectivity index (χ0v) is 21.0. The van der Waals surface area contributed by atoms with Gasteiger partial charge in [-0.3, -0.25) is 14.0 Å². The molecule has 36 heavy (non-hydrogen) atoms. The summed E-state index contributed by atoms with van der Waals surface area (Å²) in [5.41, 5.74) is 0.352. The first kappa shape index (κ1) is 27.7. The molecule has 3 aromatic rings. The van der Waals surface area contributed by atoms with E-state index < -0.39 is 29.0 Å². The Hall–Kier alpha value is -2.86. The van der Waals surface area contributed by atoms with E-state index in [0.29, 0.717) is 21.2 Å². The Morgan fingerprint density at radius 2 is 1.94 bits per heavy atom. The molecule has 0 saturated carbocycles. The van der Waals surface area contributed by atoms with Crippen molar-refractivity contribution in [1.29, 1.82) is 0 Å². The van der Waals surface area contributed by atoms with Crippen LogP contribution in [-0.2, 0) is 30.4 Å². The van der Waals surface area contributed by atoms with E-state index in [0.717, 1.165) is 16.6 Å². The molecule has 0 spiro atoms. The van der Waals surface area contributed by atoms with Crippen molar-refractivity contribution in [2.24, 2.45) is 0 Å². The molecule has 1 atom stereocenters. The molecule has 3 rings (SSSR count). The zero-order chi connectivity index (χ0) is 26.5. The Morgan fingerprint density at radius 3 is 2.56 bits per heavy atom. The lowest BCUT2D eigenvalue weighted by molar-refractivity contribution is -0.141. The van der Waals surface area contributed by atoms with Gasteiger partial charge in [0.1, 0.15) is 11.4 Å². The predicted octanol–water partition coefficient (Wildman–Crippen LogP) is 5.19. The molecule has 7 nitrogen and oxygen atoms in total. The van der Waals surface area contributed by atoms with Crippen molar-refractivity contribution >= 4 is 46.1 Å². The molecule has 0 radical (unpaired) electrons. The van der Waals surface area contributed by atoms with E-state index in [1.54, 1.807) is 18.2 Å². The number of ether oxygens (including phenoxy) is 1. The summed E-state index contributed by atoms with van der Waals surface area (Å²) < 4.78 is 68.1. The third-order valence-corrected chi connectivity index (χ3v) is 6.69. The number of rotatable bonds is 9. The first-order valence-corrected chi connectivity index (χ1v) is 12.1. The van der Waals surface area contributed by atoms with Crippen LogP contribution in [0.15, 0.2) is 54.7 Å². The number of carbonyl (C=O) groups is 1. The van der Waals surface area contributed by atoms with Crippen molar-refractivity contribution < 1.29 is 31.5 Å². The number of anilines is 1. The van der Waals surface area contributed by atoms with Gasteiger partial charge >= 0.3 is 6.18 Å². The van der Waals surface area contributed by atoms with E-state index in [-0.39, 0.29) is 36.5 Å². The van der Waals surface area contributed by atoms with E-state index in [9.17, 15) is 26.7 Å². The number of hydrogen-bond acceptors (Lipinski definition) is 5. The van der Waals surface area contributed by atoms with Gasteiger partial charge in [-0.2, -0.15) is 13.2 Å². The highest BCUT2D eigenvalue weighted by molar-refractivity contribution is 7.80. The van der Waals surface area contributed by atoms with Gasteiger partial charge in [0.05, 0.1) is 28.4 Å². The highest BCUT2D eigenvalue weighted by Crippen LogP contribution is 2.30. The number of amides is 1. The standard InChI is InChI=1S/C23H20Cl2F3N3O4S/c1-35-19-11-16(31(36(33)34)10-9-15-3-2-4-18(24)21(15)25)6-7-17(19)22(32)30-13-14-5-8-20(29-12-14)23(26,27)28/h2-8,11-12H,9-10,13H2,1H3,(H,30,32)(H,33,34)/p-1. The molecule has 0 fully saturated rings. The minimum atomic E-state index is -4.56. The lowest BCUT2D eigenvalue weighted by Crippen LogP contribution is -2.28. The second-order valence-electron chi connectivity index (χ2n) is 7.40. The molecule has 2 aromatic carbocycles. The van der Waals surface area contributed by atoms with Crippen LogP contribution >= 0.6 is 23.2 Å². The third kappa shape index (κ3) is 6.88. The summed E-state index contributed by atoms with van der Waals surface area (Å²) in [5, 5.41) is 3.27. The lowest BCUT2D eigenvalue weighted by Gasteiger charge is -2.27. The van der Waals surface area contributed by atoms with Crippen LogP contribution in [0.2, 0.25) is 10.0 Å². The number of nitrogens with zero attached hydrogens (tertiary/aromatic N) is 2. The van der Waals surface area contributed by atoms with Gasteiger partial charge in [0.25, 0.3) is 5.91 Å². The largest absolute Gasteiger partial charge is 0.755 e. The van der Waals surface area contributed by atoms with Crippen molar-refractivity contribution in [3.8, 4) is 5.75 Å². The normalized spacial score (nSPS) is 12.2. The average molecular weight is 561 g/mol. The van der Waals surface area contributed by atoms with Crippen LogP contribution in [0.4, 0.5) is 18.9 Å². The van der Waals surface area contributed by atoms with Crippen LogP contribution in [0.3, 0.4) is 0 Å². The van der Waals surface area contributed by atoms with Gasteiger partial charge in [-0.15, -0.1) is 0 Å². The Kier molecular flexibility index (Phi) is 9.18. The summed E-state index contributed by atoms with van der Waals surface area (Å²) >= 11 is 9.56. The van der Waals surface area contributed by atoms with Gasteiger partial charge in [-0.25, -0.2) is 0 Å². The SMILES string of the molecule is COc1cc(N(CCc2cccc(Cl)c2Cl)S(=O)[O-])ccc1C(=O)NCc1ccc(C(F)(F)F)nc1. The van der Waals surface area contributed by atoms with Crippen LogP contribution in [-0.4, -0.2) is 33.3 Å². The summed E-state index contributed by atoms with van der Waals surface area (Å²) in [6.07, 6.45) is -3.25. The summed E-state index contributed by atoms with van der Waals surface area (Å²) in [6, 6.07) is 11.3. The molecule has 0 aliphatic rings. The van der Waals surface area contributed by atoms with Gasteiger partial charge < -0.3 is 18.9 Å². The quantitative estimate of drug-likeness (QED) is 0.363. The highest BCUT2D eigenvalue weighted by atomic mass is 35.5. The van der Waals surface area contributed by atoms with E-state index in [1.807, 2.05) is 0 Å². The van der Waals surface area contributed by atoms with Crippen LogP contribution < -0.4 is 14.4 Å². The predicted molar refractivity (Wildman–Crippen MR) is 130 cm³/mol. The van der Waals surface area contributed by atoms with E-state index in [4.69, 9.17) is 27.9 Å². The molecule has 13 heteroatoms. The van der Waals surface area contributed by atoms with Gasteiger partial charge in [-0.1, -0.05) is 41.4 Å². The number of pyridine rings is 1.